The Hall–Kier alpha value is -0.280. The molecule has 0 radical (unpaired) electrons. The Bertz CT molecular complexity index is 290. The van der Waals surface area contributed by atoms with Gasteiger partial charge in [-0.2, -0.15) is 0 Å². The molecule has 0 aromatic carbocycles. The van der Waals surface area contributed by atoms with Crippen molar-refractivity contribution in [1.82, 2.24) is 10.6 Å². The molecule has 2 N–H and O–H groups in total. The number of hydrogen-bond acceptors (Lipinski definition) is 2. The van der Waals surface area contributed by atoms with E-state index in [0.717, 1.165) is 25.4 Å². The molecule has 0 aromatic heterocycles. The fourth-order valence-electron chi connectivity index (χ4n) is 3.71. The van der Waals surface area contributed by atoms with E-state index in [1.54, 1.807) is 0 Å². The number of halogens is 1. The van der Waals surface area contributed by atoms with Crippen molar-refractivity contribution in [2.45, 2.75) is 64.8 Å². The van der Waals surface area contributed by atoms with Crippen LogP contribution >= 0.6 is 12.4 Å². The zero-order valence-electron chi connectivity index (χ0n) is 13.0. The van der Waals surface area contributed by atoms with Gasteiger partial charge in [-0.3, -0.25) is 4.79 Å². The van der Waals surface area contributed by atoms with Gasteiger partial charge in [0.25, 0.3) is 0 Å². The molecule has 3 atom stereocenters. The summed E-state index contributed by atoms with van der Waals surface area (Å²) in [5, 5.41) is 6.68. The average molecular weight is 303 g/mol. The summed E-state index contributed by atoms with van der Waals surface area (Å²) in [6.07, 6.45) is 8.09. The van der Waals surface area contributed by atoms with Gasteiger partial charge in [-0.1, -0.05) is 26.7 Å². The van der Waals surface area contributed by atoms with Crippen LogP contribution in [0.4, 0.5) is 0 Å². The van der Waals surface area contributed by atoms with Gasteiger partial charge in [-0.15, -0.1) is 12.4 Å². The van der Waals surface area contributed by atoms with Crippen molar-refractivity contribution >= 4 is 18.3 Å². The topological polar surface area (TPSA) is 41.1 Å². The Balaban J connectivity index is 0.00000200. The molecule has 1 heterocycles. The maximum atomic E-state index is 12.1. The highest BCUT2D eigenvalue weighted by Crippen LogP contribution is 2.30. The van der Waals surface area contributed by atoms with Crippen LogP contribution in [0, 0.1) is 17.8 Å². The van der Waals surface area contributed by atoms with Gasteiger partial charge in [-0.25, -0.2) is 0 Å². The zero-order valence-corrected chi connectivity index (χ0v) is 13.8. The van der Waals surface area contributed by atoms with Crippen molar-refractivity contribution in [3.8, 4) is 0 Å². The van der Waals surface area contributed by atoms with Crippen molar-refractivity contribution in [3.05, 3.63) is 0 Å². The maximum absolute atomic E-state index is 12.1. The SMILES string of the molecule is CC(C)C1CCCCC1NC(=O)CCC1CCNC1.Cl. The lowest BCUT2D eigenvalue weighted by Crippen LogP contribution is -2.44. The molecule has 4 heteroatoms. The van der Waals surface area contributed by atoms with Gasteiger partial charge in [0.15, 0.2) is 0 Å². The van der Waals surface area contributed by atoms with Gasteiger partial charge in [0.1, 0.15) is 0 Å². The van der Waals surface area contributed by atoms with Crippen molar-refractivity contribution in [1.29, 1.82) is 0 Å². The zero-order chi connectivity index (χ0) is 13.7. The van der Waals surface area contributed by atoms with Gasteiger partial charge < -0.3 is 10.6 Å². The second-order valence-electron chi connectivity index (χ2n) is 6.76. The third-order valence-corrected chi connectivity index (χ3v) is 4.96. The first-order chi connectivity index (χ1) is 9.16. The molecule has 2 aliphatic rings. The normalized spacial score (nSPS) is 30.1. The summed E-state index contributed by atoms with van der Waals surface area (Å²) in [4.78, 5) is 12.1. The van der Waals surface area contributed by atoms with Gasteiger partial charge in [-0.05, 0) is 56.5 Å². The lowest BCUT2D eigenvalue weighted by molar-refractivity contribution is -0.122. The third kappa shape index (κ3) is 5.25. The van der Waals surface area contributed by atoms with Crippen LogP contribution in [0.2, 0.25) is 0 Å². The third-order valence-electron chi connectivity index (χ3n) is 4.96. The number of carbonyl (C=O) groups is 1. The molecule has 0 spiro atoms. The minimum absolute atomic E-state index is 0. The summed E-state index contributed by atoms with van der Waals surface area (Å²) in [6, 6.07) is 0.433. The molecule has 1 saturated carbocycles. The predicted molar refractivity (Wildman–Crippen MR) is 86.2 cm³/mol. The molecule has 3 unspecified atom stereocenters. The Morgan fingerprint density at radius 3 is 2.65 bits per heavy atom. The van der Waals surface area contributed by atoms with Crippen LogP contribution in [-0.4, -0.2) is 25.0 Å². The molecule has 2 rings (SSSR count). The van der Waals surface area contributed by atoms with Crippen LogP contribution in [0.3, 0.4) is 0 Å². The second kappa shape index (κ2) is 8.89. The van der Waals surface area contributed by atoms with Crippen molar-refractivity contribution < 1.29 is 4.79 Å². The lowest BCUT2D eigenvalue weighted by Gasteiger charge is -2.35. The van der Waals surface area contributed by atoms with Gasteiger partial charge in [0, 0.05) is 12.5 Å². The van der Waals surface area contributed by atoms with E-state index in [0.29, 0.717) is 24.3 Å². The summed E-state index contributed by atoms with van der Waals surface area (Å²) in [5.41, 5.74) is 0. The van der Waals surface area contributed by atoms with E-state index in [9.17, 15) is 4.79 Å². The van der Waals surface area contributed by atoms with E-state index >= 15 is 0 Å². The van der Waals surface area contributed by atoms with Gasteiger partial charge in [0.05, 0.1) is 0 Å². The molecular weight excluding hydrogens is 272 g/mol. The highest BCUT2D eigenvalue weighted by molar-refractivity contribution is 5.85. The Kier molecular flexibility index (Phi) is 7.90. The van der Waals surface area contributed by atoms with Crippen LogP contribution in [0.15, 0.2) is 0 Å². The van der Waals surface area contributed by atoms with Crippen molar-refractivity contribution in [2.24, 2.45) is 17.8 Å². The molecule has 1 amide bonds. The highest BCUT2D eigenvalue weighted by Gasteiger charge is 2.28. The summed E-state index contributed by atoms with van der Waals surface area (Å²) in [5.74, 6) is 2.37. The molecule has 1 aliphatic carbocycles. The first-order valence-corrected chi connectivity index (χ1v) is 8.17. The average Bonchev–Trinajstić information content (AvgIpc) is 2.90. The first kappa shape index (κ1) is 17.8. The van der Waals surface area contributed by atoms with Crippen LogP contribution in [0.25, 0.3) is 0 Å². The monoisotopic (exact) mass is 302 g/mol. The molecule has 1 aliphatic heterocycles. The number of amides is 1. The highest BCUT2D eigenvalue weighted by atomic mass is 35.5. The summed E-state index contributed by atoms with van der Waals surface area (Å²) in [6.45, 7) is 6.81. The molecule has 1 saturated heterocycles. The van der Waals surface area contributed by atoms with Gasteiger partial charge in [0.2, 0.25) is 5.91 Å². The summed E-state index contributed by atoms with van der Waals surface area (Å²) in [7, 11) is 0. The largest absolute Gasteiger partial charge is 0.353 e. The van der Waals surface area contributed by atoms with E-state index in [1.807, 2.05) is 0 Å². The van der Waals surface area contributed by atoms with E-state index in [1.165, 1.54) is 32.1 Å². The Morgan fingerprint density at radius 2 is 2.00 bits per heavy atom. The van der Waals surface area contributed by atoms with E-state index < -0.39 is 0 Å². The van der Waals surface area contributed by atoms with Crippen molar-refractivity contribution in [3.63, 3.8) is 0 Å². The maximum Gasteiger partial charge on any atom is 0.220 e. The summed E-state index contributed by atoms with van der Waals surface area (Å²) < 4.78 is 0. The predicted octanol–water partition coefficient (Wildman–Crippen LogP) is 3.13. The van der Waals surface area contributed by atoms with Crippen LogP contribution in [0.1, 0.15) is 58.8 Å². The smallest absolute Gasteiger partial charge is 0.220 e. The fraction of sp³-hybridized carbons (Fsp3) is 0.938. The second-order valence-corrected chi connectivity index (χ2v) is 6.76. The summed E-state index contributed by atoms with van der Waals surface area (Å²) >= 11 is 0. The molecule has 0 aromatic rings. The van der Waals surface area contributed by atoms with E-state index in [-0.39, 0.29) is 18.3 Å². The molecular formula is C16H31ClN2O. The quantitative estimate of drug-likeness (QED) is 0.819. The number of hydrogen-bond donors (Lipinski definition) is 2. The molecule has 3 nitrogen and oxygen atoms in total. The Morgan fingerprint density at radius 1 is 1.25 bits per heavy atom. The lowest BCUT2D eigenvalue weighted by atomic mass is 9.78. The van der Waals surface area contributed by atoms with Crippen LogP contribution < -0.4 is 10.6 Å². The fourth-order valence-corrected chi connectivity index (χ4v) is 3.71. The first-order valence-electron chi connectivity index (χ1n) is 8.17. The minimum atomic E-state index is 0. The Labute approximate surface area is 130 Å². The molecule has 20 heavy (non-hydrogen) atoms. The van der Waals surface area contributed by atoms with E-state index in [2.05, 4.69) is 24.5 Å². The van der Waals surface area contributed by atoms with Crippen LogP contribution in [-0.2, 0) is 4.79 Å². The number of carbonyl (C=O) groups excluding carboxylic acids is 1. The standard InChI is InChI=1S/C16H30N2O.ClH/c1-12(2)14-5-3-4-6-15(14)18-16(19)8-7-13-9-10-17-11-13;/h12-15,17H,3-11H2,1-2H3,(H,18,19);1H. The molecule has 118 valence electrons. The molecule has 0 bridgehead atoms. The van der Waals surface area contributed by atoms with Gasteiger partial charge >= 0.3 is 0 Å². The number of nitrogens with one attached hydrogen (secondary N) is 2. The minimum Gasteiger partial charge on any atom is -0.353 e. The van der Waals surface area contributed by atoms with E-state index in [4.69, 9.17) is 0 Å². The van der Waals surface area contributed by atoms with Crippen molar-refractivity contribution in [2.75, 3.05) is 13.1 Å². The van der Waals surface area contributed by atoms with Crippen LogP contribution in [0.5, 0.6) is 0 Å². The number of rotatable bonds is 5. The molecule has 2 fully saturated rings.